The normalized spacial score (nSPS) is 15.0. The predicted octanol–water partition coefficient (Wildman–Crippen LogP) is 4.60. The van der Waals surface area contributed by atoms with E-state index in [0.29, 0.717) is 40.8 Å². The summed E-state index contributed by atoms with van der Waals surface area (Å²) in [5.41, 5.74) is 1.60. The molecule has 1 aromatic heterocycles. The molecule has 3 amide bonds. The van der Waals surface area contributed by atoms with Crippen molar-refractivity contribution < 1.29 is 28.2 Å². The van der Waals surface area contributed by atoms with Gasteiger partial charge in [-0.1, -0.05) is 36.0 Å². The van der Waals surface area contributed by atoms with Gasteiger partial charge in [0, 0.05) is 31.3 Å². The van der Waals surface area contributed by atoms with E-state index >= 15 is 4.39 Å². The van der Waals surface area contributed by atoms with Crippen LogP contribution in [0.25, 0.3) is 11.1 Å². The second-order valence-electron chi connectivity index (χ2n) is 10.4. The van der Waals surface area contributed by atoms with Crippen LogP contribution in [0, 0.1) is 5.82 Å². The minimum Gasteiger partial charge on any atom is -0.444 e. The SMILES string of the molecule is CC(=O)NC[C@H]1CN(c2ccc(-c3ccc(CN(CCSc4nc[nH]n4)C(=O)OC(C)(C)C)cc3)c(F)c2)C(=O)O1. The largest absolute Gasteiger partial charge is 0.444 e. The quantitative estimate of drug-likeness (QED) is 0.331. The van der Waals surface area contributed by atoms with Crippen LogP contribution < -0.4 is 10.2 Å². The van der Waals surface area contributed by atoms with Crippen LogP contribution in [-0.4, -0.2) is 75.3 Å². The lowest BCUT2D eigenvalue weighted by Crippen LogP contribution is -2.37. The Morgan fingerprint density at radius 3 is 2.63 bits per heavy atom. The van der Waals surface area contributed by atoms with Crippen LogP contribution in [0.3, 0.4) is 0 Å². The Bertz CT molecular complexity index is 1360. The maximum Gasteiger partial charge on any atom is 0.414 e. The summed E-state index contributed by atoms with van der Waals surface area (Å²) in [5, 5.41) is 9.89. The average molecular weight is 585 g/mol. The number of aromatic amines is 1. The highest BCUT2D eigenvalue weighted by molar-refractivity contribution is 7.99. The molecule has 0 radical (unpaired) electrons. The Hall–Kier alpha value is -4.13. The van der Waals surface area contributed by atoms with Crippen LogP contribution in [0.1, 0.15) is 33.3 Å². The van der Waals surface area contributed by atoms with E-state index in [-0.39, 0.29) is 19.0 Å². The zero-order valence-corrected chi connectivity index (χ0v) is 24.2. The van der Waals surface area contributed by atoms with Gasteiger partial charge in [0.05, 0.1) is 18.8 Å². The van der Waals surface area contributed by atoms with Crippen LogP contribution in [0.5, 0.6) is 0 Å². The molecular formula is C28H33FN6O5S. The fraction of sp³-hybridized carbons (Fsp3) is 0.393. The monoisotopic (exact) mass is 584 g/mol. The summed E-state index contributed by atoms with van der Waals surface area (Å²) in [4.78, 5) is 43.4. The van der Waals surface area contributed by atoms with E-state index in [2.05, 4.69) is 20.5 Å². The number of rotatable bonds is 10. The summed E-state index contributed by atoms with van der Waals surface area (Å²) in [5.74, 6) is -0.140. The third-order valence-corrected chi connectivity index (χ3v) is 6.83. The summed E-state index contributed by atoms with van der Waals surface area (Å²) in [7, 11) is 0. The van der Waals surface area contributed by atoms with E-state index in [1.54, 1.807) is 29.2 Å². The number of nitrogens with zero attached hydrogens (tertiary/aromatic N) is 4. The van der Waals surface area contributed by atoms with E-state index < -0.39 is 29.7 Å². The predicted molar refractivity (Wildman–Crippen MR) is 152 cm³/mol. The molecule has 0 bridgehead atoms. The minimum absolute atomic E-state index is 0.190. The molecule has 1 atom stereocenters. The highest BCUT2D eigenvalue weighted by atomic mass is 32.2. The number of ether oxygens (including phenoxy) is 2. The number of anilines is 1. The number of thioether (sulfide) groups is 1. The molecule has 1 fully saturated rings. The van der Waals surface area contributed by atoms with Gasteiger partial charge in [0.25, 0.3) is 0 Å². The van der Waals surface area contributed by atoms with E-state index in [4.69, 9.17) is 9.47 Å². The number of cyclic esters (lactones) is 1. The molecule has 2 heterocycles. The van der Waals surface area contributed by atoms with Crippen molar-refractivity contribution in [2.75, 3.05) is 30.3 Å². The van der Waals surface area contributed by atoms with Gasteiger partial charge in [0.2, 0.25) is 11.1 Å². The van der Waals surface area contributed by atoms with Crippen LogP contribution in [-0.2, 0) is 20.8 Å². The molecule has 1 aliphatic rings. The third-order valence-electron chi connectivity index (χ3n) is 5.99. The van der Waals surface area contributed by atoms with Crippen molar-refractivity contribution in [3.8, 4) is 11.1 Å². The second-order valence-corrected chi connectivity index (χ2v) is 11.5. The van der Waals surface area contributed by atoms with Gasteiger partial charge >= 0.3 is 12.2 Å². The maximum atomic E-state index is 15.2. The molecule has 2 N–H and O–H groups in total. The molecule has 1 aliphatic heterocycles. The van der Waals surface area contributed by atoms with Crippen molar-refractivity contribution in [3.63, 3.8) is 0 Å². The number of hydrogen-bond acceptors (Lipinski definition) is 8. The Morgan fingerprint density at radius 2 is 2.00 bits per heavy atom. The summed E-state index contributed by atoms with van der Waals surface area (Å²) in [6.07, 6.45) is -0.0377. The number of hydrogen-bond donors (Lipinski definition) is 2. The van der Waals surface area contributed by atoms with Crippen molar-refractivity contribution in [3.05, 3.63) is 60.2 Å². The van der Waals surface area contributed by atoms with Gasteiger partial charge in [-0.05, 0) is 50.1 Å². The summed E-state index contributed by atoms with van der Waals surface area (Å²) in [6.45, 7) is 7.95. The Morgan fingerprint density at radius 1 is 1.24 bits per heavy atom. The number of carbonyl (C=O) groups is 3. The van der Waals surface area contributed by atoms with Crippen molar-refractivity contribution in [1.82, 2.24) is 25.4 Å². The zero-order valence-electron chi connectivity index (χ0n) is 23.3. The molecule has 0 saturated carbocycles. The molecule has 0 aliphatic carbocycles. The first-order chi connectivity index (χ1) is 19.5. The van der Waals surface area contributed by atoms with Gasteiger partial charge in [-0.2, -0.15) is 0 Å². The van der Waals surface area contributed by atoms with Crippen LogP contribution in [0.2, 0.25) is 0 Å². The molecule has 2 aromatic carbocycles. The van der Waals surface area contributed by atoms with E-state index in [1.165, 1.54) is 36.0 Å². The molecule has 11 nitrogen and oxygen atoms in total. The van der Waals surface area contributed by atoms with Crippen molar-refractivity contribution in [2.24, 2.45) is 0 Å². The highest BCUT2D eigenvalue weighted by Crippen LogP contribution is 2.29. The van der Waals surface area contributed by atoms with Gasteiger partial charge < -0.3 is 19.7 Å². The van der Waals surface area contributed by atoms with E-state index in [1.807, 2.05) is 32.9 Å². The Balaban J connectivity index is 1.42. The molecule has 4 rings (SSSR count). The number of aromatic nitrogens is 3. The standard InChI is InChI=1S/C28H33FN6O5S/c1-18(36)30-14-22-16-35(27(38)39-22)21-9-10-23(24(29)13-21)20-7-5-19(6-8-20)15-34(26(37)40-28(2,3)4)11-12-41-25-31-17-32-33-25/h5-10,13,17,22H,11-12,14-16H2,1-4H3,(H,30,36)(H,31,32,33)/t22-/m0/s1. The van der Waals surface area contributed by atoms with Crippen LogP contribution in [0.4, 0.5) is 19.7 Å². The van der Waals surface area contributed by atoms with Crippen LogP contribution in [0.15, 0.2) is 53.9 Å². The number of halogens is 1. The number of carbonyl (C=O) groups excluding carboxylic acids is 3. The van der Waals surface area contributed by atoms with E-state index in [0.717, 1.165) is 5.56 Å². The number of amides is 3. The molecule has 3 aromatic rings. The van der Waals surface area contributed by atoms with Gasteiger partial charge in [-0.25, -0.2) is 19.0 Å². The fourth-order valence-corrected chi connectivity index (χ4v) is 4.83. The first kappa shape index (κ1) is 29.8. The Labute approximate surface area is 241 Å². The number of H-pyrrole nitrogens is 1. The van der Waals surface area contributed by atoms with Gasteiger partial charge in [-0.15, -0.1) is 5.10 Å². The second kappa shape index (κ2) is 13.0. The smallest absolute Gasteiger partial charge is 0.414 e. The molecule has 218 valence electrons. The molecule has 0 spiro atoms. The van der Waals surface area contributed by atoms with Gasteiger partial charge in [0.15, 0.2) is 0 Å². The lowest BCUT2D eigenvalue weighted by Gasteiger charge is -2.27. The molecule has 1 saturated heterocycles. The minimum atomic E-state index is -0.641. The van der Waals surface area contributed by atoms with E-state index in [9.17, 15) is 14.4 Å². The Kier molecular flexibility index (Phi) is 9.48. The lowest BCUT2D eigenvalue weighted by molar-refractivity contribution is -0.119. The fourth-order valence-electron chi connectivity index (χ4n) is 4.09. The summed E-state index contributed by atoms with van der Waals surface area (Å²) >= 11 is 1.42. The van der Waals surface area contributed by atoms with Crippen molar-refractivity contribution in [1.29, 1.82) is 0 Å². The zero-order chi connectivity index (χ0) is 29.6. The summed E-state index contributed by atoms with van der Waals surface area (Å²) < 4.78 is 26.0. The molecular weight excluding hydrogens is 551 g/mol. The molecule has 41 heavy (non-hydrogen) atoms. The summed E-state index contributed by atoms with van der Waals surface area (Å²) in [6, 6.07) is 11.8. The average Bonchev–Trinajstić information content (AvgIpc) is 3.56. The number of benzene rings is 2. The molecule has 13 heteroatoms. The third kappa shape index (κ3) is 8.43. The number of nitrogens with one attached hydrogen (secondary N) is 2. The topological polar surface area (TPSA) is 130 Å². The lowest BCUT2D eigenvalue weighted by atomic mass is 10.0. The van der Waals surface area contributed by atoms with Gasteiger partial charge in [-0.3, -0.25) is 14.8 Å². The van der Waals surface area contributed by atoms with Gasteiger partial charge in [0.1, 0.15) is 23.8 Å². The molecule has 0 unspecified atom stereocenters. The first-order valence-corrected chi connectivity index (χ1v) is 14.0. The first-order valence-electron chi connectivity index (χ1n) is 13.1. The van der Waals surface area contributed by atoms with Crippen LogP contribution >= 0.6 is 11.8 Å². The highest BCUT2D eigenvalue weighted by Gasteiger charge is 2.32. The van der Waals surface area contributed by atoms with Crippen molar-refractivity contribution >= 4 is 35.5 Å². The van der Waals surface area contributed by atoms with Crippen molar-refractivity contribution in [2.45, 2.75) is 51.1 Å². The maximum absolute atomic E-state index is 15.2.